The fourth-order valence-electron chi connectivity index (χ4n) is 4.13. The molecule has 0 saturated carbocycles. The number of thiophene rings is 1. The van der Waals surface area contributed by atoms with Crippen molar-refractivity contribution in [1.82, 2.24) is 8.87 Å². The summed E-state index contributed by atoms with van der Waals surface area (Å²) in [4.78, 5) is 30.4. The van der Waals surface area contributed by atoms with E-state index in [4.69, 9.17) is 16.3 Å². The number of aromatic nitrogens is 1. The Morgan fingerprint density at radius 3 is 2.67 bits per heavy atom. The van der Waals surface area contributed by atoms with Crippen molar-refractivity contribution in [1.29, 1.82) is 0 Å². The Hall–Kier alpha value is -2.05. The third-order valence-electron chi connectivity index (χ3n) is 6.05. The first kappa shape index (κ1) is 27.0. The highest BCUT2D eigenvalue weighted by atomic mass is 35.5. The number of esters is 1. The highest BCUT2D eigenvalue weighted by Crippen LogP contribution is 2.31. The van der Waals surface area contributed by atoms with E-state index in [1.54, 1.807) is 17.6 Å². The predicted octanol–water partition coefficient (Wildman–Crippen LogP) is 4.63. The maximum absolute atomic E-state index is 13.3. The van der Waals surface area contributed by atoms with E-state index >= 15 is 0 Å². The van der Waals surface area contributed by atoms with Crippen LogP contribution < -0.4 is 4.80 Å². The number of halogens is 1. The smallest absolute Gasteiger partial charge is 0.326 e. The number of ether oxygens (including phenoxy) is 1. The van der Waals surface area contributed by atoms with Crippen LogP contribution in [0, 0.1) is 5.92 Å². The van der Waals surface area contributed by atoms with Crippen LogP contribution in [0.25, 0.3) is 10.2 Å². The van der Waals surface area contributed by atoms with Crippen LogP contribution in [0.1, 0.15) is 45.1 Å². The number of amides is 1. The normalized spacial score (nSPS) is 17.7. The van der Waals surface area contributed by atoms with Gasteiger partial charge in [-0.25, -0.2) is 8.42 Å². The third kappa shape index (κ3) is 5.75. The van der Waals surface area contributed by atoms with Crippen molar-refractivity contribution in [3.05, 3.63) is 45.0 Å². The lowest BCUT2D eigenvalue weighted by Crippen LogP contribution is -2.42. The predicted molar refractivity (Wildman–Crippen MR) is 142 cm³/mol. The van der Waals surface area contributed by atoms with Crippen LogP contribution in [0.2, 0.25) is 4.34 Å². The Morgan fingerprint density at radius 1 is 1.22 bits per heavy atom. The molecular weight excluding hydrogens is 542 g/mol. The second-order valence-electron chi connectivity index (χ2n) is 8.87. The molecule has 36 heavy (non-hydrogen) atoms. The Morgan fingerprint density at radius 2 is 2.00 bits per heavy atom. The molecule has 1 amide bonds. The SMILES string of the molecule is CCOC(=O)Cn1c(=NC(=O)C2CCCN(S(=O)(=O)c3ccc(Cl)s3)C2)sc2cc(C(C)C)ccc21. The molecule has 8 nitrogen and oxygen atoms in total. The van der Waals surface area contributed by atoms with Gasteiger partial charge in [0.1, 0.15) is 10.8 Å². The molecule has 12 heteroatoms. The molecule has 3 aromatic rings. The molecule has 1 fully saturated rings. The van der Waals surface area contributed by atoms with Gasteiger partial charge in [0.15, 0.2) is 4.80 Å². The summed E-state index contributed by atoms with van der Waals surface area (Å²) >= 11 is 8.27. The summed E-state index contributed by atoms with van der Waals surface area (Å²) in [6.07, 6.45) is 1.09. The van der Waals surface area contributed by atoms with Gasteiger partial charge in [0.05, 0.1) is 27.1 Å². The number of fused-ring (bicyclic) bond motifs is 1. The highest BCUT2D eigenvalue weighted by molar-refractivity contribution is 7.91. The summed E-state index contributed by atoms with van der Waals surface area (Å²) in [5.41, 5.74) is 1.94. The molecule has 1 atom stereocenters. The van der Waals surface area contributed by atoms with Gasteiger partial charge in [-0.1, -0.05) is 42.9 Å². The van der Waals surface area contributed by atoms with E-state index in [9.17, 15) is 18.0 Å². The van der Waals surface area contributed by atoms with Crippen molar-refractivity contribution in [3.63, 3.8) is 0 Å². The van der Waals surface area contributed by atoms with Gasteiger partial charge in [-0.2, -0.15) is 9.30 Å². The van der Waals surface area contributed by atoms with Crippen molar-refractivity contribution >= 4 is 66.4 Å². The van der Waals surface area contributed by atoms with E-state index < -0.39 is 27.8 Å². The summed E-state index contributed by atoms with van der Waals surface area (Å²) in [5, 5.41) is 0. The van der Waals surface area contributed by atoms with Gasteiger partial charge < -0.3 is 9.30 Å². The van der Waals surface area contributed by atoms with Crippen molar-refractivity contribution in [2.45, 2.75) is 50.3 Å². The van der Waals surface area contributed by atoms with Crippen LogP contribution in [-0.2, 0) is 30.9 Å². The summed E-state index contributed by atoms with van der Waals surface area (Å²) in [6, 6.07) is 9.03. The van der Waals surface area contributed by atoms with Crippen LogP contribution in [0.15, 0.2) is 39.5 Å². The van der Waals surface area contributed by atoms with Crippen LogP contribution in [0.3, 0.4) is 0 Å². The van der Waals surface area contributed by atoms with Crippen molar-refractivity contribution in [2.75, 3.05) is 19.7 Å². The molecule has 0 radical (unpaired) electrons. The molecule has 1 aliphatic rings. The van der Waals surface area contributed by atoms with Gasteiger partial charge in [-0.15, -0.1) is 11.3 Å². The number of carbonyl (C=O) groups excluding carboxylic acids is 2. The molecule has 194 valence electrons. The zero-order valence-corrected chi connectivity index (χ0v) is 23.5. The average Bonchev–Trinajstić information content (AvgIpc) is 3.43. The van der Waals surface area contributed by atoms with E-state index in [0.717, 1.165) is 27.1 Å². The first-order valence-electron chi connectivity index (χ1n) is 11.7. The maximum atomic E-state index is 13.3. The van der Waals surface area contributed by atoms with E-state index in [2.05, 4.69) is 24.9 Å². The monoisotopic (exact) mass is 569 g/mol. The second kappa shape index (κ2) is 11.1. The lowest BCUT2D eigenvalue weighted by atomic mass is 9.99. The molecule has 0 bridgehead atoms. The van der Waals surface area contributed by atoms with Crippen LogP contribution in [-0.4, -0.2) is 48.9 Å². The van der Waals surface area contributed by atoms with E-state index in [1.165, 1.54) is 21.7 Å². The minimum atomic E-state index is -3.73. The number of piperidine rings is 1. The molecule has 2 aromatic heterocycles. The number of rotatable bonds is 7. The quantitative estimate of drug-likeness (QED) is 0.386. The average molecular weight is 570 g/mol. The minimum Gasteiger partial charge on any atom is -0.465 e. The van der Waals surface area contributed by atoms with Gasteiger partial charge in [-0.05, 0) is 55.5 Å². The minimum absolute atomic E-state index is 0.0560. The van der Waals surface area contributed by atoms with E-state index in [-0.39, 0.29) is 23.9 Å². The summed E-state index contributed by atoms with van der Waals surface area (Å²) < 4.78 is 35.7. The highest BCUT2D eigenvalue weighted by Gasteiger charge is 2.34. The Labute approximate surface area is 223 Å². The van der Waals surface area contributed by atoms with Gasteiger partial charge >= 0.3 is 5.97 Å². The van der Waals surface area contributed by atoms with E-state index in [0.29, 0.717) is 34.4 Å². The second-order valence-corrected chi connectivity index (χ2v) is 13.8. The summed E-state index contributed by atoms with van der Waals surface area (Å²) in [5.74, 6) is -1.06. The molecule has 0 N–H and O–H groups in total. The standard InChI is InChI=1S/C24H28ClN3O5S3/c1-4-33-21(29)14-28-18-8-7-16(15(2)3)12-19(18)34-24(28)26-23(30)17-6-5-11-27(13-17)36(31,32)22-10-9-20(25)35-22/h7-10,12,15,17H,4-6,11,13-14H2,1-3H3. The molecule has 1 aliphatic heterocycles. The number of sulfonamides is 1. The number of benzene rings is 1. The largest absolute Gasteiger partial charge is 0.465 e. The first-order chi connectivity index (χ1) is 17.1. The van der Waals surface area contributed by atoms with Crippen molar-refractivity contribution < 1.29 is 22.7 Å². The van der Waals surface area contributed by atoms with Crippen molar-refractivity contribution in [3.8, 4) is 0 Å². The topological polar surface area (TPSA) is 98.0 Å². The molecule has 1 saturated heterocycles. The van der Waals surface area contributed by atoms with Crippen LogP contribution >= 0.6 is 34.3 Å². The van der Waals surface area contributed by atoms with Crippen LogP contribution in [0.5, 0.6) is 0 Å². The molecule has 1 unspecified atom stereocenters. The maximum Gasteiger partial charge on any atom is 0.326 e. The summed E-state index contributed by atoms with van der Waals surface area (Å²) in [6.45, 7) is 6.53. The number of hydrogen-bond acceptors (Lipinski definition) is 7. The zero-order valence-electron chi connectivity index (χ0n) is 20.3. The van der Waals surface area contributed by atoms with Crippen LogP contribution in [0.4, 0.5) is 0 Å². The molecule has 3 heterocycles. The number of nitrogens with zero attached hydrogens (tertiary/aromatic N) is 3. The lowest BCUT2D eigenvalue weighted by molar-refractivity contribution is -0.143. The molecular formula is C24H28ClN3O5S3. The van der Waals surface area contributed by atoms with Gasteiger partial charge in [0.2, 0.25) is 0 Å². The molecule has 0 aliphatic carbocycles. The van der Waals surface area contributed by atoms with Gasteiger partial charge in [-0.3, -0.25) is 9.59 Å². The van der Waals surface area contributed by atoms with Gasteiger partial charge in [0, 0.05) is 13.1 Å². The fraction of sp³-hybridized carbons (Fsp3) is 0.458. The first-order valence-corrected chi connectivity index (χ1v) is 15.2. The Bertz CT molecular complexity index is 1450. The Kier molecular flexibility index (Phi) is 8.35. The number of hydrogen-bond donors (Lipinski definition) is 0. The van der Waals surface area contributed by atoms with Gasteiger partial charge in [0.25, 0.3) is 15.9 Å². The number of thiazole rings is 1. The molecule has 0 spiro atoms. The Balaban J connectivity index is 1.66. The van der Waals surface area contributed by atoms with E-state index in [1.807, 2.05) is 12.1 Å². The fourth-order valence-corrected chi connectivity index (χ4v) is 8.38. The zero-order chi connectivity index (χ0) is 26.0. The number of carbonyl (C=O) groups is 2. The third-order valence-corrected chi connectivity index (χ3v) is 10.7. The van der Waals surface area contributed by atoms with Crippen molar-refractivity contribution in [2.24, 2.45) is 10.9 Å². The molecule has 4 rings (SSSR count). The lowest BCUT2D eigenvalue weighted by Gasteiger charge is -2.29. The molecule has 1 aromatic carbocycles. The summed E-state index contributed by atoms with van der Waals surface area (Å²) in [7, 11) is -3.73.